The quantitative estimate of drug-likeness (QED) is 0.809. The maximum absolute atomic E-state index is 12.3. The molecule has 1 aromatic rings. The topological polar surface area (TPSA) is 83.7 Å². The molecule has 0 spiro atoms. The van der Waals surface area contributed by atoms with Crippen LogP contribution in [0.1, 0.15) is 18.4 Å². The van der Waals surface area contributed by atoms with Crippen molar-refractivity contribution in [3.05, 3.63) is 29.8 Å². The predicted molar refractivity (Wildman–Crippen MR) is 81.9 cm³/mol. The molecule has 116 valence electrons. The summed E-state index contributed by atoms with van der Waals surface area (Å²) in [5, 5.41) is 0. The summed E-state index contributed by atoms with van der Waals surface area (Å²) in [6.07, 6.45) is 1.98. The second-order valence-electron chi connectivity index (χ2n) is 5.30. The van der Waals surface area contributed by atoms with Gasteiger partial charge in [-0.2, -0.15) is 4.31 Å². The van der Waals surface area contributed by atoms with Gasteiger partial charge in [0.1, 0.15) is 0 Å². The third-order valence-corrected chi connectivity index (χ3v) is 5.44. The molecule has 1 fully saturated rings. The van der Waals surface area contributed by atoms with E-state index in [1.54, 1.807) is 29.2 Å². The smallest absolute Gasteiger partial charge is 0.237 e. The van der Waals surface area contributed by atoms with Crippen LogP contribution in [0.3, 0.4) is 0 Å². The lowest BCUT2D eigenvalue weighted by Crippen LogP contribution is -2.40. The first-order chi connectivity index (χ1) is 9.90. The lowest BCUT2D eigenvalue weighted by atomic mass is 10.2. The van der Waals surface area contributed by atoms with Crippen molar-refractivity contribution in [2.75, 3.05) is 32.4 Å². The molecular formula is C14H21N3O3S. The second-order valence-corrected chi connectivity index (χ2v) is 7.37. The standard InChI is InChI=1S/C14H21N3O3S/c1-16(10-14(18)17-8-4-5-9-17)21(19,20)11-12-6-2-3-7-13(12)15/h2-3,6-7H,4-5,8-11,15H2,1H3. The first-order valence-corrected chi connectivity index (χ1v) is 8.56. The molecule has 0 radical (unpaired) electrons. The largest absolute Gasteiger partial charge is 0.398 e. The van der Waals surface area contributed by atoms with E-state index >= 15 is 0 Å². The number of carbonyl (C=O) groups excluding carboxylic acids is 1. The predicted octanol–water partition coefficient (Wildman–Crippen LogP) is 0.653. The molecule has 6 nitrogen and oxygen atoms in total. The van der Waals surface area contributed by atoms with E-state index in [1.807, 2.05) is 0 Å². The fourth-order valence-corrected chi connectivity index (χ4v) is 3.51. The molecule has 0 aliphatic carbocycles. The Bertz CT molecular complexity index is 610. The summed E-state index contributed by atoms with van der Waals surface area (Å²) in [6, 6.07) is 6.85. The number of para-hydroxylation sites is 1. The number of amides is 1. The Morgan fingerprint density at radius 3 is 2.52 bits per heavy atom. The molecule has 7 heteroatoms. The average molecular weight is 311 g/mol. The number of sulfonamides is 1. The summed E-state index contributed by atoms with van der Waals surface area (Å²) in [4.78, 5) is 13.7. The molecule has 0 unspecified atom stereocenters. The Labute approximate surface area is 125 Å². The van der Waals surface area contributed by atoms with Crippen LogP contribution in [0.15, 0.2) is 24.3 Å². The molecule has 1 heterocycles. The van der Waals surface area contributed by atoms with Crippen molar-refractivity contribution in [3.63, 3.8) is 0 Å². The first-order valence-electron chi connectivity index (χ1n) is 6.95. The van der Waals surface area contributed by atoms with Crippen LogP contribution < -0.4 is 5.73 Å². The van der Waals surface area contributed by atoms with Gasteiger partial charge in [0.25, 0.3) is 0 Å². The summed E-state index contributed by atoms with van der Waals surface area (Å²) in [5.41, 5.74) is 6.77. The monoisotopic (exact) mass is 311 g/mol. The van der Waals surface area contributed by atoms with Crippen molar-refractivity contribution in [1.82, 2.24) is 9.21 Å². The third-order valence-electron chi connectivity index (χ3n) is 3.68. The molecule has 0 bridgehead atoms. The third kappa shape index (κ3) is 3.95. The van der Waals surface area contributed by atoms with Crippen molar-refractivity contribution < 1.29 is 13.2 Å². The van der Waals surface area contributed by atoms with Crippen LogP contribution in [0.5, 0.6) is 0 Å². The molecule has 0 saturated carbocycles. The number of nitrogens with zero attached hydrogens (tertiary/aromatic N) is 2. The first kappa shape index (κ1) is 15.8. The number of hydrogen-bond acceptors (Lipinski definition) is 4. The van der Waals surface area contributed by atoms with E-state index in [0.717, 1.165) is 30.2 Å². The van der Waals surface area contributed by atoms with E-state index in [9.17, 15) is 13.2 Å². The molecule has 2 N–H and O–H groups in total. The van der Waals surface area contributed by atoms with E-state index in [4.69, 9.17) is 5.73 Å². The summed E-state index contributed by atoms with van der Waals surface area (Å²) >= 11 is 0. The highest BCUT2D eigenvalue weighted by atomic mass is 32.2. The van der Waals surface area contributed by atoms with E-state index in [1.165, 1.54) is 7.05 Å². The van der Waals surface area contributed by atoms with Crippen LogP contribution in [0, 0.1) is 0 Å². The molecule has 21 heavy (non-hydrogen) atoms. The number of hydrogen-bond donors (Lipinski definition) is 1. The van der Waals surface area contributed by atoms with E-state index in [-0.39, 0.29) is 18.2 Å². The summed E-state index contributed by atoms with van der Waals surface area (Å²) in [6.45, 7) is 1.33. The lowest BCUT2D eigenvalue weighted by Gasteiger charge is -2.21. The highest BCUT2D eigenvalue weighted by Crippen LogP contribution is 2.16. The number of rotatable bonds is 5. The SMILES string of the molecule is CN(CC(=O)N1CCCC1)S(=O)(=O)Cc1ccccc1N. The molecule has 1 aromatic carbocycles. The van der Waals surface area contributed by atoms with Gasteiger partial charge in [0.2, 0.25) is 15.9 Å². The van der Waals surface area contributed by atoms with Crippen molar-refractivity contribution in [2.45, 2.75) is 18.6 Å². The summed E-state index contributed by atoms with van der Waals surface area (Å²) in [5.74, 6) is -0.330. The van der Waals surface area contributed by atoms with E-state index < -0.39 is 10.0 Å². The molecule has 1 aliphatic heterocycles. The minimum Gasteiger partial charge on any atom is -0.398 e. The molecule has 1 saturated heterocycles. The van der Waals surface area contributed by atoms with Crippen LogP contribution in [0.25, 0.3) is 0 Å². The fraction of sp³-hybridized carbons (Fsp3) is 0.500. The maximum atomic E-state index is 12.3. The van der Waals surface area contributed by atoms with Crippen LogP contribution >= 0.6 is 0 Å². The van der Waals surface area contributed by atoms with Gasteiger partial charge in [-0.25, -0.2) is 8.42 Å². The number of likely N-dealkylation sites (N-methyl/N-ethyl adjacent to an activating group) is 1. The molecule has 2 rings (SSSR count). The van der Waals surface area contributed by atoms with Gasteiger partial charge in [-0.15, -0.1) is 0 Å². The Balaban J connectivity index is 2.01. The zero-order valence-corrected chi connectivity index (χ0v) is 13.0. The number of benzene rings is 1. The van der Waals surface area contributed by atoms with Crippen LogP contribution in [-0.4, -0.2) is 50.2 Å². The van der Waals surface area contributed by atoms with Gasteiger partial charge in [0.05, 0.1) is 12.3 Å². The zero-order valence-electron chi connectivity index (χ0n) is 12.2. The van der Waals surface area contributed by atoms with Crippen molar-refractivity contribution in [1.29, 1.82) is 0 Å². The lowest BCUT2D eigenvalue weighted by molar-refractivity contribution is -0.130. The van der Waals surface area contributed by atoms with E-state index in [2.05, 4.69) is 0 Å². The van der Waals surface area contributed by atoms with Gasteiger partial charge in [0.15, 0.2) is 0 Å². The molecule has 1 amide bonds. The Morgan fingerprint density at radius 1 is 1.29 bits per heavy atom. The number of carbonyl (C=O) groups is 1. The Morgan fingerprint density at radius 2 is 1.90 bits per heavy atom. The molecule has 0 aromatic heterocycles. The highest BCUT2D eigenvalue weighted by Gasteiger charge is 2.25. The van der Waals surface area contributed by atoms with Gasteiger partial charge >= 0.3 is 0 Å². The number of nitrogen functional groups attached to an aromatic ring is 1. The normalized spacial score (nSPS) is 15.6. The summed E-state index contributed by atoms with van der Waals surface area (Å²) in [7, 11) is -2.12. The Hall–Kier alpha value is -1.60. The minimum atomic E-state index is -3.55. The van der Waals surface area contributed by atoms with Gasteiger partial charge < -0.3 is 10.6 Å². The van der Waals surface area contributed by atoms with Gasteiger partial charge in [-0.1, -0.05) is 18.2 Å². The van der Waals surface area contributed by atoms with Crippen molar-refractivity contribution in [2.24, 2.45) is 0 Å². The Kier molecular flexibility index (Phi) is 4.84. The average Bonchev–Trinajstić information content (AvgIpc) is 2.95. The van der Waals surface area contributed by atoms with Gasteiger partial charge in [0, 0.05) is 25.8 Å². The van der Waals surface area contributed by atoms with Crippen LogP contribution in [0.2, 0.25) is 0 Å². The minimum absolute atomic E-state index is 0.116. The second kappa shape index (κ2) is 6.44. The highest BCUT2D eigenvalue weighted by molar-refractivity contribution is 7.88. The molecule has 1 aliphatic rings. The van der Waals surface area contributed by atoms with E-state index in [0.29, 0.717) is 11.3 Å². The molecular weight excluding hydrogens is 290 g/mol. The van der Waals surface area contributed by atoms with Crippen LogP contribution in [0.4, 0.5) is 5.69 Å². The number of nitrogens with two attached hydrogens (primary N) is 1. The van der Waals surface area contributed by atoms with Gasteiger partial charge in [-0.05, 0) is 24.5 Å². The van der Waals surface area contributed by atoms with Crippen LogP contribution in [-0.2, 0) is 20.6 Å². The summed E-state index contributed by atoms with van der Waals surface area (Å²) < 4.78 is 25.7. The number of anilines is 1. The molecule has 0 atom stereocenters. The van der Waals surface area contributed by atoms with Crippen molar-refractivity contribution in [3.8, 4) is 0 Å². The van der Waals surface area contributed by atoms with Gasteiger partial charge in [-0.3, -0.25) is 4.79 Å². The fourth-order valence-electron chi connectivity index (χ4n) is 2.33. The zero-order chi connectivity index (χ0) is 15.5. The van der Waals surface area contributed by atoms with Crippen molar-refractivity contribution >= 4 is 21.6 Å². The maximum Gasteiger partial charge on any atom is 0.237 e. The number of likely N-dealkylation sites (tertiary alicyclic amines) is 1.